The van der Waals surface area contributed by atoms with Crippen molar-refractivity contribution in [3.8, 4) is 0 Å². The van der Waals surface area contributed by atoms with E-state index in [2.05, 4.69) is 21.2 Å². The van der Waals surface area contributed by atoms with Crippen LogP contribution >= 0.6 is 15.9 Å². The van der Waals surface area contributed by atoms with Gasteiger partial charge in [-0.05, 0) is 44.2 Å². The highest BCUT2D eigenvalue weighted by atomic mass is 79.9. The van der Waals surface area contributed by atoms with Crippen molar-refractivity contribution in [1.29, 1.82) is 0 Å². The summed E-state index contributed by atoms with van der Waals surface area (Å²) in [6.07, 6.45) is 0. The van der Waals surface area contributed by atoms with Crippen molar-refractivity contribution in [3.63, 3.8) is 0 Å². The molecule has 1 amide bonds. The lowest BCUT2D eigenvalue weighted by atomic mass is 10.2. The summed E-state index contributed by atoms with van der Waals surface area (Å²) in [6, 6.07) is 13.0. The summed E-state index contributed by atoms with van der Waals surface area (Å²) in [5.74, 6) is -0.371. The maximum Gasteiger partial charge on any atom is 0.243 e. The molecule has 0 aliphatic rings. The molecule has 0 spiro atoms. The molecule has 0 saturated carbocycles. The van der Waals surface area contributed by atoms with Crippen molar-refractivity contribution >= 4 is 37.5 Å². The predicted molar refractivity (Wildman–Crippen MR) is 103 cm³/mol. The Labute approximate surface area is 157 Å². The lowest BCUT2D eigenvalue weighted by Crippen LogP contribution is -2.45. The van der Waals surface area contributed by atoms with E-state index in [-0.39, 0.29) is 17.3 Å². The highest BCUT2D eigenvalue weighted by Gasteiger charge is 2.31. The average Bonchev–Trinajstić information content (AvgIpc) is 2.57. The highest BCUT2D eigenvalue weighted by molar-refractivity contribution is 9.10. The van der Waals surface area contributed by atoms with Crippen LogP contribution < -0.4 is 5.32 Å². The van der Waals surface area contributed by atoms with Crippen LogP contribution in [-0.4, -0.2) is 31.2 Å². The fourth-order valence-electron chi connectivity index (χ4n) is 2.43. The number of halogens is 1. The van der Waals surface area contributed by atoms with Gasteiger partial charge in [0, 0.05) is 16.7 Å². The summed E-state index contributed by atoms with van der Waals surface area (Å²) in [6.45, 7) is 5.45. The van der Waals surface area contributed by atoms with E-state index >= 15 is 0 Å². The van der Waals surface area contributed by atoms with E-state index in [1.54, 1.807) is 38.1 Å². The first-order chi connectivity index (χ1) is 11.8. The number of nitrogens with zero attached hydrogens (tertiary/aromatic N) is 1. The summed E-state index contributed by atoms with van der Waals surface area (Å²) in [7, 11) is -3.77. The van der Waals surface area contributed by atoms with Crippen molar-refractivity contribution in [2.24, 2.45) is 0 Å². The molecule has 0 aliphatic heterocycles. The molecule has 2 rings (SSSR count). The van der Waals surface area contributed by atoms with Gasteiger partial charge in [-0.15, -0.1) is 0 Å². The second kappa shape index (κ2) is 8.12. The molecule has 1 N–H and O–H groups in total. The molecule has 7 heteroatoms. The molecule has 1 atom stereocenters. The van der Waals surface area contributed by atoms with Crippen LogP contribution in [-0.2, 0) is 14.8 Å². The van der Waals surface area contributed by atoms with Gasteiger partial charge in [0.15, 0.2) is 0 Å². The van der Waals surface area contributed by atoms with Crippen LogP contribution in [0.15, 0.2) is 57.9 Å². The third kappa shape index (κ3) is 4.68. The maximum absolute atomic E-state index is 12.9. The number of hydrogen-bond donors (Lipinski definition) is 1. The lowest BCUT2D eigenvalue weighted by molar-refractivity contribution is -0.119. The molecule has 0 fully saturated rings. The van der Waals surface area contributed by atoms with Crippen molar-refractivity contribution < 1.29 is 13.2 Å². The summed E-state index contributed by atoms with van der Waals surface area (Å²) in [5, 5.41) is 2.76. The van der Waals surface area contributed by atoms with Gasteiger partial charge in [0.25, 0.3) is 0 Å². The van der Waals surface area contributed by atoms with Gasteiger partial charge in [-0.3, -0.25) is 4.79 Å². The third-order valence-electron chi connectivity index (χ3n) is 3.84. The first-order valence-corrected chi connectivity index (χ1v) is 10.1. The summed E-state index contributed by atoms with van der Waals surface area (Å²) < 4.78 is 27.6. The number of carbonyl (C=O) groups excluding carboxylic acids is 1. The summed E-state index contributed by atoms with van der Waals surface area (Å²) in [5.41, 5.74) is 1.72. The van der Waals surface area contributed by atoms with E-state index in [0.717, 1.165) is 5.56 Å². The molecule has 0 radical (unpaired) electrons. The number of likely N-dealkylation sites (N-methyl/N-ethyl adjacent to an activating group) is 1. The number of carbonyl (C=O) groups is 1. The first-order valence-electron chi connectivity index (χ1n) is 7.90. The average molecular weight is 425 g/mol. The number of anilines is 1. The SMILES string of the molecule is CCN([C@@H](C)C(=O)Nc1ccc(C)cc1)S(=O)(=O)c1cccc(Br)c1. The zero-order valence-corrected chi connectivity index (χ0v) is 16.8. The summed E-state index contributed by atoms with van der Waals surface area (Å²) >= 11 is 3.28. The van der Waals surface area contributed by atoms with Gasteiger partial charge in [0.2, 0.25) is 15.9 Å². The molecular formula is C18H21BrN2O3S. The van der Waals surface area contributed by atoms with Crippen LogP contribution in [0.5, 0.6) is 0 Å². The Kier molecular flexibility index (Phi) is 6.37. The van der Waals surface area contributed by atoms with E-state index in [9.17, 15) is 13.2 Å². The van der Waals surface area contributed by atoms with Crippen LogP contribution in [0, 0.1) is 6.92 Å². The molecular weight excluding hydrogens is 404 g/mol. The standard InChI is InChI=1S/C18H21BrN2O3S/c1-4-21(25(23,24)17-7-5-6-15(19)12-17)14(3)18(22)20-16-10-8-13(2)9-11-16/h5-12,14H,4H2,1-3H3,(H,20,22)/t14-/m0/s1. The molecule has 0 heterocycles. The Hall–Kier alpha value is -1.70. The van der Waals surface area contributed by atoms with Gasteiger partial charge in [0.05, 0.1) is 4.90 Å². The van der Waals surface area contributed by atoms with E-state index in [1.807, 2.05) is 19.1 Å². The minimum atomic E-state index is -3.77. The number of hydrogen-bond acceptors (Lipinski definition) is 3. The second-order valence-corrected chi connectivity index (χ2v) is 8.50. The van der Waals surface area contributed by atoms with E-state index in [0.29, 0.717) is 10.2 Å². The first kappa shape index (κ1) is 19.6. The number of nitrogens with one attached hydrogen (secondary N) is 1. The second-order valence-electron chi connectivity index (χ2n) is 5.70. The molecule has 25 heavy (non-hydrogen) atoms. The fraction of sp³-hybridized carbons (Fsp3) is 0.278. The lowest BCUT2D eigenvalue weighted by Gasteiger charge is -2.26. The topological polar surface area (TPSA) is 66.5 Å². The fourth-order valence-corrected chi connectivity index (χ4v) is 4.63. The highest BCUT2D eigenvalue weighted by Crippen LogP contribution is 2.22. The normalized spacial score (nSPS) is 12.8. The van der Waals surface area contributed by atoms with Crippen molar-refractivity contribution in [2.75, 3.05) is 11.9 Å². The van der Waals surface area contributed by atoms with Crippen LogP contribution in [0.1, 0.15) is 19.4 Å². The van der Waals surface area contributed by atoms with Crippen LogP contribution in [0.2, 0.25) is 0 Å². The third-order valence-corrected chi connectivity index (χ3v) is 6.38. The van der Waals surface area contributed by atoms with Gasteiger partial charge in [0.1, 0.15) is 6.04 Å². The number of sulfonamides is 1. The van der Waals surface area contributed by atoms with Crippen molar-refractivity contribution in [1.82, 2.24) is 4.31 Å². The quantitative estimate of drug-likeness (QED) is 0.766. The van der Waals surface area contributed by atoms with E-state index in [1.165, 1.54) is 16.4 Å². The van der Waals surface area contributed by atoms with Crippen LogP contribution in [0.4, 0.5) is 5.69 Å². The zero-order chi connectivity index (χ0) is 18.6. The van der Waals surface area contributed by atoms with Gasteiger partial charge >= 0.3 is 0 Å². The molecule has 2 aromatic carbocycles. The monoisotopic (exact) mass is 424 g/mol. The van der Waals surface area contributed by atoms with Gasteiger partial charge in [-0.1, -0.05) is 46.6 Å². The van der Waals surface area contributed by atoms with E-state index in [4.69, 9.17) is 0 Å². The number of benzene rings is 2. The minimum absolute atomic E-state index is 0.152. The Morgan fingerprint density at radius 2 is 1.84 bits per heavy atom. The largest absolute Gasteiger partial charge is 0.325 e. The number of amides is 1. The molecule has 134 valence electrons. The van der Waals surface area contributed by atoms with Crippen LogP contribution in [0.3, 0.4) is 0 Å². The smallest absolute Gasteiger partial charge is 0.243 e. The molecule has 0 unspecified atom stereocenters. The molecule has 0 saturated heterocycles. The zero-order valence-electron chi connectivity index (χ0n) is 14.4. The van der Waals surface area contributed by atoms with Crippen molar-refractivity contribution in [3.05, 3.63) is 58.6 Å². The molecule has 0 aromatic heterocycles. The Morgan fingerprint density at radius 1 is 1.20 bits per heavy atom. The Morgan fingerprint density at radius 3 is 2.40 bits per heavy atom. The predicted octanol–water partition coefficient (Wildman–Crippen LogP) is 3.80. The molecule has 5 nitrogen and oxygen atoms in total. The number of aryl methyl sites for hydroxylation is 1. The maximum atomic E-state index is 12.9. The number of rotatable bonds is 6. The van der Waals surface area contributed by atoms with Gasteiger partial charge in [-0.25, -0.2) is 8.42 Å². The van der Waals surface area contributed by atoms with Gasteiger partial charge in [-0.2, -0.15) is 4.31 Å². The minimum Gasteiger partial charge on any atom is -0.325 e. The Bertz CT molecular complexity index is 851. The van der Waals surface area contributed by atoms with Crippen LogP contribution in [0.25, 0.3) is 0 Å². The summed E-state index contributed by atoms with van der Waals surface area (Å²) in [4.78, 5) is 12.7. The Balaban J connectivity index is 2.23. The van der Waals surface area contributed by atoms with Gasteiger partial charge < -0.3 is 5.32 Å². The molecule has 0 bridgehead atoms. The molecule has 2 aromatic rings. The van der Waals surface area contributed by atoms with E-state index < -0.39 is 16.1 Å². The van der Waals surface area contributed by atoms with Crippen molar-refractivity contribution in [2.45, 2.75) is 31.7 Å². The molecule has 0 aliphatic carbocycles.